The van der Waals surface area contributed by atoms with Crippen molar-refractivity contribution in [3.05, 3.63) is 142 Å². The van der Waals surface area contributed by atoms with Crippen LogP contribution in [0.15, 0.2) is 114 Å². The van der Waals surface area contributed by atoms with Crippen molar-refractivity contribution in [2.24, 2.45) is 11.7 Å². The smallest absolute Gasteiger partial charge is 0.143 e. The topological polar surface area (TPSA) is 44.5 Å². The fourth-order valence-electron chi connectivity index (χ4n) is 5.20. The molecule has 1 saturated heterocycles. The summed E-state index contributed by atoms with van der Waals surface area (Å²) in [4.78, 5) is 0. The van der Waals surface area contributed by atoms with Gasteiger partial charge in [0.1, 0.15) is 11.4 Å². The molecule has 0 spiro atoms. The number of ether oxygens (including phenoxy) is 2. The largest absolute Gasteiger partial charge is 0.373 e. The van der Waals surface area contributed by atoms with Gasteiger partial charge in [0.2, 0.25) is 0 Å². The van der Waals surface area contributed by atoms with Crippen molar-refractivity contribution in [1.82, 2.24) is 0 Å². The van der Waals surface area contributed by atoms with Gasteiger partial charge in [-0.15, -0.1) is 0 Å². The van der Waals surface area contributed by atoms with E-state index in [1.165, 1.54) is 6.07 Å². The molecule has 0 unspecified atom stereocenters. The maximum absolute atomic E-state index is 14.8. The molecular formula is C31H29BrFNO2. The Morgan fingerprint density at radius 1 is 0.889 bits per heavy atom. The lowest BCUT2D eigenvalue weighted by molar-refractivity contribution is -0.0540. The Morgan fingerprint density at radius 3 is 1.89 bits per heavy atom. The first-order chi connectivity index (χ1) is 17.4. The van der Waals surface area contributed by atoms with E-state index in [-0.39, 0.29) is 31.1 Å². The molecule has 5 heteroatoms. The molecule has 1 fully saturated rings. The number of hydrogen-bond donors (Lipinski definition) is 1. The van der Waals surface area contributed by atoms with Crippen LogP contribution < -0.4 is 5.73 Å². The maximum Gasteiger partial charge on any atom is 0.143 e. The quantitative estimate of drug-likeness (QED) is 0.260. The number of hydrogen-bond acceptors (Lipinski definition) is 3. The molecular weight excluding hydrogens is 517 g/mol. The molecule has 1 heterocycles. The summed E-state index contributed by atoms with van der Waals surface area (Å²) in [7, 11) is 0. The van der Waals surface area contributed by atoms with Gasteiger partial charge in [-0.25, -0.2) is 4.39 Å². The van der Waals surface area contributed by atoms with Crippen LogP contribution >= 0.6 is 15.9 Å². The zero-order chi connectivity index (χ0) is 25.2. The fourth-order valence-corrected chi connectivity index (χ4v) is 5.56. The van der Waals surface area contributed by atoms with E-state index < -0.39 is 11.1 Å². The lowest BCUT2D eigenvalue weighted by atomic mass is 9.78. The van der Waals surface area contributed by atoms with Gasteiger partial charge in [-0.2, -0.15) is 0 Å². The third-order valence-corrected chi connectivity index (χ3v) is 7.83. The molecule has 4 aromatic carbocycles. The summed E-state index contributed by atoms with van der Waals surface area (Å²) in [5.74, 6) is -0.508. The number of benzene rings is 4. The Hall–Kier alpha value is -2.83. The fraction of sp³-hybridized carbons (Fsp3) is 0.226. The molecule has 3 nitrogen and oxygen atoms in total. The zero-order valence-electron chi connectivity index (χ0n) is 20.1. The first kappa shape index (κ1) is 24.8. The molecule has 184 valence electrons. The van der Waals surface area contributed by atoms with Crippen molar-refractivity contribution in [2.75, 3.05) is 13.2 Å². The summed E-state index contributed by atoms with van der Waals surface area (Å²) in [5, 5.41) is 0. The van der Waals surface area contributed by atoms with Crippen LogP contribution in [0.3, 0.4) is 0 Å². The van der Waals surface area contributed by atoms with Gasteiger partial charge in [-0.3, -0.25) is 0 Å². The monoisotopic (exact) mass is 545 g/mol. The number of nitrogens with two attached hydrogens (primary N) is 1. The summed E-state index contributed by atoms with van der Waals surface area (Å²) in [6, 6.07) is 35.5. The SMILES string of the molecule is C[C@@H]1[C@@H](COC(c2ccccc2)(c2ccccc2)c2ccccc2)OC[C@@]1(N)c1cc(Br)ccc1F. The number of rotatable bonds is 7. The molecule has 5 rings (SSSR count). The summed E-state index contributed by atoms with van der Waals surface area (Å²) in [6.07, 6.45) is -0.316. The molecule has 36 heavy (non-hydrogen) atoms. The Kier molecular flexibility index (Phi) is 7.09. The number of halogens is 2. The standard InChI is InChI=1S/C31H29BrFNO2/c1-22-29(35-21-30(22,34)27-19-26(32)17-18-28(27)33)20-36-31(23-11-5-2-6-12-23,24-13-7-3-8-14-24)25-15-9-4-10-16-25/h2-19,22,29H,20-21,34H2,1H3/t22-,29-,30+/m1/s1. The molecule has 0 radical (unpaired) electrons. The second kappa shape index (κ2) is 10.3. The highest BCUT2D eigenvalue weighted by atomic mass is 79.9. The first-order valence-electron chi connectivity index (χ1n) is 12.1. The average molecular weight is 546 g/mol. The Morgan fingerprint density at radius 2 is 1.39 bits per heavy atom. The van der Waals surface area contributed by atoms with E-state index in [1.54, 1.807) is 12.1 Å². The van der Waals surface area contributed by atoms with Crippen molar-refractivity contribution >= 4 is 15.9 Å². The summed E-state index contributed by atoms with van der Waals surface area (Å²) < 4.78 is 28.7. The van der Waals surface area contributed by atoms with E-state index >= 15 is 0 Å². The summed E-state index contributed by atoms with van der Waals surface area (Å²) in [6.45, 7) is 2.51. The highest BCUT2D eigenvalue weighted by Gasteiger charge is 2.48. The minimum Gasteiger partial charge on any atom is -0.373 e. The predicted molar refractivity (Wildman–Crippen MR) is 144 cm³/mol. The maximum atomic E-state index is 14.8. The van der Waals surface area contributed by atoms with Crippen LogP contribution in [0.5, 0.6) is 0 Å². The minimum absolute atomic E-state index is 0.179. The zero-order valence-corrected chi connectivity index (χ0v) is 21.7. The molecule has 1 aliphatic rings. The van der Waals surface area contributed by atoms with Crippen molar-refractivity contribution < 1.29 is 13.9 Å². The van der Waals surface area contributed by atoms with Crippen molar-refractivity contribution in [1.29, 1.82) is 0 Å². The van der Waals surface area contributed by atoms with Gasteiger partial charge in [-0.05, 0) is 34.9 Å². The molecule has 0 saturated carbocycles. The second-order valence-electron chi connectivity index (χ2n) is 9.39. The van der Waals surface area contributed by atoms with Crippen LogP contribution in [-0.2, 0) is 20.6 Å². The van der Waals surface area contributed by atoms with Crippen molar-refractivity contribution in [2.45, 2.75) is 24.2 Å². The highest BCUT2D eigenvalue weighted by Crippen LogP contribution is 2.43. The Bertz CT molecular complexity index is 1210. The second-order valence-corrected chi connectivity index (χ2v) is 10.3. The van der Waals surface area contributed by atoms with Crippen LogP contribution in [0, 0.1) is 11.7 Å². The van der Waals surface area contributed by atoms with E-state index in [2.05, 4.69) is 52.3 Å². The predicted octanol–water partition coefficient (Wildman–Crippen LogP) is 6.79. The summed E-state index contributed by atoms with van der Waals surface area (Å²) >= 11 is 3.45. The molecule has 1 aliphatic heterocycles. The van der Waals surface area contributed by atoms with Gasteiger partial charge in [-0.1, -0.05) is 114 Å². The lowest BCUT2D eigenvalue weighted by Gasteiger charge is -2.37. The van der Waals surface area contributed by atoms with Crippen molar-refractivity contribution in [3.63, 3.8) is 0 Å². The van der Waals surface area contributed by atoms with Gasteiger partial charge in [0.15, 0.2) is 0 Å². The van der Waals surface area contributed by atoms with E-state index in [0.29, 0.717) is 5.56 Å². The molecule has 0 aliphatic carbocycles. The van der Waals surface area contributed by atoms with Crippen LogP contribution in [0.2, 0.25) is 0 Å². The minimum atomic E-state index is -0.962. The highest BCUT2D eigenvalue weighted by molar-refractivity contribution is 9.10. The summed E-state index contributed by atoms with van der Waals surface area (Å²) in [5.41, 5.74) is 8.51. The van der Waals surface area contributed by atoms with E-state index in [4.69, 9.17) is 15.2 Å². The third kappa shape index (κ3) is 4.41. The van der Waals surface area contributed by atoms with Crippen LogP contribution in [-0.4, -0.2) is 19.3 Å². The third-order valence-electron chi connectivity index (χ3n) is 7.34. The van der Waals surface area contributed by atoms with Gasteiger partial charge in [0.05, 0.1) is 24.9 Å². The molecule has 0 amide bonds. The first-order valence-corrected chi connectivity index (χ1v) is 12.9. The van der Waals surface area contributed by atoms with Gasteiger partial charge in [0.25, 0.3) is 0 Å². The van der Waals surface area contributed by atoms with Crippen LogP contribution in [0.4, 0.5) is 4.39 Å². The normalized spacial score (nSPS) is 22.0. The van der Waals surface area contributed by atoms with E-state index in [0.717, 1.165) is 21.2 Å². The Balaban J connectivity index is 1.53. The molecule has 4 aromatic rings. The van der Waals surface area contributed by atoms with Gasteiger partial charge >= 0.3 is 0 Å². The van der Waals surface area contributed by atoms with Crippen LogP contribution in [0.1, 0.15) is 29.2 Å². The van der Waals surface area contributed by atoms with Gasteiger partial charge < -0.3 is 15.2 Å². The van der Waals surface area contributed by atoms with Crippen molar-refractivity contribution in [3.8, 4) is 0 Å². The molecule has 3 atom stereocenters. The lowest BCUT2D eigenvalue weighted by Crippen LogP contribution is -2.45. The average Bonchev–Trinajstić information content (AvgIpc) is 3.22. The molecule has 0 aromatic heterocycles. The van der Waals surface area contributed by atoms with E-state index in [9.17, 15) is 4.39 Å². The van der Waals surface area contributed by atoms with Gasteiger partial charge in [0, 0.05) is 16.0 Å². The molecule has 2 N–H and O–H groups in total. The van der Waals surface area contributed by atoms with Crippen LogP contribution in [0.25, 0.3) is 0 Å². The van der Waals surface area contributed by atoms with E-state index in [1.807, 2.05) is 61.5 Å². The molecule has 0 bridgehead atoms. The Labute approximate surface area is 220 Å².